The Morgan fingerprint density at radius 1 is 0.960 bits per heavy atom. The monoisotopic (exact) mass is 354 g/mol. The second-order valence-electron chi connectivity index (χ2n) is 6.43. The van der Waals surface area contributed by atoms with Crippen LogP contribution in [0, 0.1) is 5.82 Å². The Labute approximate surface area is 152 Å². The van der Waals surface area contributed by atoms with E-state index in [2.05, 4.69) is 52.1 Å². The Hall–Kier alpha value is -2.10. The predicted molar refractivity (Wildman–Crippen MR) is 99.4 cm³/mol. The van der Waals surface area contributed by atoms with Crippen LogP contribution in [0.4, 0.5) is 4.39 Å². The highest BCUT2D eigenvalue weighted by atomic mass is 35.5. The zero-order chi connectivity index (χ0) is 17.2. The predicted octanol–water partition coefficient (Wildman–Crippen LogP) is 4.93. The standard InChI is InChI=1S/C21H20ClFN2/c22-18-8-4-9-19(23)17(18)11-13-25-15-14-24-12-5-10-20(24)21(25)16-6-2-1-3-7-16/h1-10,12,21H,11,13-15H2. The summed E-state index contributed by atoms with van der Waals surface area (Å²) < 4.78 is 16.4. The van der Waals surface area contributed by atoms with Crippen molar-refractivity contribution in [1.29, 1.82) is 0 Å². The van der Waals surface area contributed by atoms with E-state index in [1.807, 2.05) is 6.07 Å². The van der Waals surface area contributed by atoms with Gasteiger partial charge in [0.15, 0.2) is 0 Å². The van der Waals surface area contributed by atoms with Crippen LogP contribution in [0.5, 0.6) is 0 Å². The van der Waals surface area contributed by atoms with Crippen molar-refractivity contribution in [2.45, 2.75) is 19.0 Å². The van der Waals surface area contributed by atoms with Crippen molar-refractivity contribution in [2.24, 2.45) is 0 Å². The third-order valence-electron chi connectivity index (χ3n) is 4.96. The van der Waals surface area contributed by atoms with Crippen LogP contribution in [0.2, 0.25) is 5.02 Å². The topological polar surface area (TPSA) is 8.17 Å². The molecule has 0 amide bonds. The molecule has 1 aliphatic rings. The molecule has 0 radical (unpaired) electrons. The molecule has 0 saturated carbocycles. The fourth-order valence-corrected chi connectivity index (χ4v) is 3.97. The molecule has 128 valence electrons. The number of benzene rings is 2. The molecule has 0 saturated heterocycles. The van der Waals surface area contributed by atoms with Gasteiger partial charge in [0.05, 0.1) is 6.04 Å². The second kappa shape index (κ2) is 7.03. The number of halogens is 2. The maximum absolute atomic E-state index is 14.1. The highest BCUT2D eigenvalue weighted by Gasteiger charge is 2.28. The molecule has 1 unspecified atom stereocenters. The van der Waals surface area contributed by atoms with Gasteiger partial charge in [-0.05, 0) is 36.2 Å². The summed E-state index contributed by atoms with van der Waals surface area (Å²) in [5.41, 5.74) is 3.16. The summed E-state index contributed by atoms with van der Waals surface area (Å²) in [6.07, 6.45) is 2.74. The number of aromatic nitrogens is 1. The molecule has 0 bridgehead atoms. The molecule has 2 heterocycles. The normalized spacial score (nSPS) is 17.4. The number of nitrogens with zero attached hydrogens (tertiary/aromatic N) is 2. The van der Waals surface area contributed by atoms with Gasteiger partial charge < -0.3 is 4.57 Å². The lowest BCUT2D eigenvalue weighted by molar-refractivity contribution is 0.185. The summed E-state index contributed by atoms with van der Waals surface area (Å²) in [7, 11) is 0. The molecule has 0 N–H and O–H groups in total. The zero-order valence-electron chi connectivity index (χ0n) is 13.9. The molecule has 4 rings (SSSR count). The number of hydrogen-bond acceptors (Lipinski definition) is 1. The maximum atomic E-state index is 14.1. The van der Waals surface area contributed by atoms with E-state index in [4.69, 9.17) is 11.6 Å². The van der Waals surface area contributed by atoms with Gasteiger partial charge in [-0.25, -0.2) is 4.39 Å². The third-order valence-corrected chi connectivity index (χ3v) is 5.32. The first kappa shape index (κ1) is 16.4. The van der Waals surface area contributed by atoms with Crippen LogP contribution in [-0.2, 0) is 13.0 Å². The van der Waals surface area contributed by atoms with Crippen molar-refractivity contribution in [2.75, 3.05) is 13.1 Å². The van der Waals surface area contributed by atoms with Crippen LogP contribution in [0.1, 0.15) is 22.9 Å². The molecule has 0 fully saturated rings. The Morgan fingerprint density at radius 3 is 2.60 bits per heavy atom. The third kappa shape index (κ3) is 3.22. The highest BCUT2D eigenvalue weighted by Crippen LogP contribution is 2.32. The van der Waals surface area contributed by atoms with Gasteiger partial charge in [0, 0.05) is 42.1 Å². The fourth-order valence-electron chi connectivity index (χ4n) is 3.72. The van der Waals surface area contributed by atoms with E-state index in [9.17, 15) is 4.39 Å². The SMILES string of the molecule is Fc1cccc(Cl)c1CCN1CCn2cccc2C1c1ccccc1. The van der Waals surface area contributed by atoms with Gasteiger partial charge in [0.1, 0.15) is 5.82 Å². The first-order chi connectivity index (χ1) is 12.2. The first-order valence-electron chi connectivity index (χ1n) is 8.61. The van der Waals surface area contributed by atoms with Crippen molar-refractivity contribution in [3.05, 3.63) is 94.5 Å². The molecule has 1 aromatic heterocycles. The molecule has 2 nitrogen and oxygen atoms in total. The van der Waals surface area contributed by atoms with Crippen molar-refractivity contribution >= 4 is 11.6 Å². The van der Waals surface area contributed by atoms with Gasteiger partial charge in [-0.3, -0.25) is 4.90 Å². The number of hydrogen-bond donors (Lipinski definition) is 0. The average Bonchev–Trinajstić information content (AvgIpc) is 3.10. The van der Waals surface area contributed by atoms with Gasteiger partial charge in [0.25, 0.3) is 0 Å². The van der Waals surface area contributed by atoms with Crippen molar-refractivity contribution in [3.8, 4) is 0 Å². The van der Waals surface area contributed by atoms with E-state index >= 15 is 0 Å². The molecular weight excluding hydrogens is 335 g/mol. The van der Waals surface area contributed by atoms with Crippen molar-refractivity contribution in [3.63, 3.8) is 0 Å². The lowest BCUT2D eigenvalue weighted by atomic mass is 9.99. The van der Waals surface area contributed by atoms with Gasteiger partial charge in [-0.1, -0.05) is 48.0 Å². The molecule has 0 aliphatic carbocycles. The number of fused-ring (bicyclic) bond motifs is 1. The summed E-state index contributed by atoms with van der Waals surface area (Å²) in [5.74, 6) is -0.218. The molecule has 0 spiro atoms. The van der Waals surface area contributed by atoms with Gasteiger partial charge in [-0.15, -0.1) is 0 Å². The first-order valence-corrected chi connectivity index (χ1v) is 8.99. The van der Waals surface area contributed by atoms with E-state index in [0.717, 1.165) is 19.6 Å². The fraction of sp³-hybridized carbons (Fsp3) is 0.238. The van der Waals surface area contributed by atoms with Gasteiger partial charge in [0.2, 0.25) is 0 Å². The maximum Gasteiger partial charge on any atom is 0.127 e. The van der Waals surface area contributed by atoms with Crippen molar-refractivity contribution < 1.29 is 4.39 Å². The van der Waals surface area contributed by atoms with E-state index in [1.54, 1.807) is 12.1 Å². The molecule has 2 aromatic carbocycles. The Balaban J connectivity index is 1.62. The Kier molecular flexibility index (Phi) is 4.60. The van der Waals surface area contributed by atoms with Crippen LogP contribution in [0.25, 0.3) is 0 Å². The molecule has 1 aliphatic heterocycles. The van der Waals surface area contributed by atoms with E-state index in [1.165, 1.54) is 17.3 Å². The molecule has 1 atom stereocenters. The lowest BCUT2D eigenvalue weighted by Gasteiger charge is -2.37. The summed E-state index contributed by atoms with van der Waals surface area (Å²) in [6, 6.07) is 19.9. The molecule has 4 heteroatoms. The van der Waals surface area contributed by atoms with E-state index < -0.39 is 0 Å². The smallest absolute Gasteiger partial charge is 0.127 e. The summed E-state index contributed by atoms with van der Waals surface area (Å²) in [6.45, 7) is 2.66. The Morgan fingerprint density at radius 2 is 1.80 bits per heavy atom. The van der Waals surface area contributed by atoms with Crippen LogP contribution in [0.15, 0.2) is 66.9 Å². The molecule has 3 aromatic rings. The van der Waals surface area contributed by atoms with Crippen LogP contribution < -0.4 is 0 Å². The lowest BCUT2D eigenvalue weighted by Crippen LogP contribution is -2.39. The molecule has 25 heavy (non-hydrogen) atoms. The van der Waals surface area contributed by atoms with E-state index in [0.29, 0.717) is 17.0 Å². The van der Waals surface area contributed by atoms with Gasteiger partial charge >= 0.3 is 0 Å². The van der Waals surface area contributed by atoms with Crippen molar-refractivity contribution in [1.82, 2.24) is 9.47 Å². The minimum atomic E-state index is -0.218. The minimum Gasteiger partial charge on any atom is -0.348 e. The van der Waals surface area contributed by atoms with Gasteiger partial charge in [-0.2, -0.15) is 0 Å². The summed E-state index contributed by atoms with van der Waals surface area (Å²) >= 11 is 6.20. The number of rotatable bonds is 4. The highest BCUT2D eigenvalue weighted by molar-refractivity contribution is 6.31. The summed E-state index contributed by atoms with van der Waals surface area (Å²) in [5, 5.41) is 0.511. The average molecular weight is 355 g/mol. The quantitative estimate of drug-likeness (QED) is 0.645. The van der Waals surface area contributed by atoms with Crippen LogP contribution in [-0.4, -0.2) is 22.6 Å². The largest absolute Gasteiger partial charge is 0.348 e. The zero-order valence-corrected chi connectivity index (χ0v) is 14.7. The van der Waals surface area contributed by atoms with E-state index in [-0.39, 0.29) is 11.9 Å². The molecular formula is C21H20ClFN2. The minimum absolute atomic E-state index is 0.190. The van der Waals surface area contributed by atoms with Crippen LogP contribution >= 0.6 is 11.6 Å². The summed E-state index contributed by atoms with van der Waals surface area (Å²) in [4.78, 5) is 2.42. The van der Waals surface area contributed by atoms with Crippen LogP contribution in [0.3, 0.4) is 0 Å². The second-order valence-corrected chi connectivity index (χ2v) is 6.83. The Bertz CT molecular complexity index is 839.